The Kier molecular flexibility index (Phi) is 3.25. The summed E-state index contributed by atoms with van der Waals surface area (Å²) >= 11 is 0. The number of nitrogens with one attached hydrogen (secondary N) is 1. The number of nitrogens with zero attached hydrogens (tertiary/aromatic N) is 2. The van der Waals surface area contributed by atoms with Crippen LogP contribution in [-0.2, 0) is 32.9 Å². The van der Waals surface area contributed by atoms with Crippen LogP contribution in [0.15, 0.2) is 24.3 Å². The van der Waals surface area contributed by atoms with Crippen molar-refractivity contribution < 1.29 is 5.11 Å². The van der Waals surface area contributed by atoms with Gasteiger partial charge in [-0.05, 0) is 18.1 Å². The normalized spacial score (nSPS) is 14.4. The van der Waals surface area contributed by atoms with Crippen molar-refractivity contribution in [3.8, 4) is 5.75 Å². The van der Waals surface area contributed by atoms with Crippen LogP contribution in [0.3, 0.4) is 0 Å². The topological polar surface area (TPSA) is 50.1 Å². The number of hydrogen-bond donors (Lipinski definition) is 2. The van der Waals surface area contributed by atoms with Gasteiger partial charge >= 0.3 is 0 Å². The third kappa shape index (κ3) is 2.36. The quantitative estimate of drug-likeness (QED) is 0.877. The fraction of sp³-hybridized carbons (Fsp3) is 0.400. The average molecular weight is 257 g/mol. The summed E-state index contributed by atoms with van der Waals surface area (Å²) in [6.07, 6.45) is 2.74. The summed E-state index contributed by atoms with van der Waals surface area (Å²) in [7, 11) is 2.09. The van der Waals surface area contributed by atoms with Gasteiger partial charge in [0.2, 0.25) is 0 Å². The first kappa shape index (κ1) is 12.2. The van der Waals surface area contributed by atoms with Gasteiger partial charge in [0, 0.05) is 38.7 Å². The van der Waals surface area contributed by atoms with Crippen LogP contribution < -0.4 is 5.32 Å². The summed E-state index contributed by atoms with van der Waals surface area (Å²) in [6.45, 7) is 1.91. The fourth-order valence-electron chi connectivity index (χ4n) is 2.70. The first-order valence-corrected chi connectivity index (χ1v) is 6.76. The number of aromatic hydroxyl groups is 1. The number of aryl methyl sites for hydroxylation is 2. The summed E-state index contributed by atoms with van der Waals surface area (Å²) in [5, 5.41) is 13.1. The van der Waals surface area contributed by atoms with Gasteiger partial charge in [-0.15, -0.1) is 0 Å². The summed E-state index contributed by atoms with van der Waals surface area (Å²) in [4.78, 5) is 4.71. The van der Waals surface area contributed by atoms with E-state index in [0.29, 0.717) is 5.75 Å². The molecule has 0 saturated carbocycles. The predicted molar refractivity (Wildman–Crippen MR) is 74.1 cm³/mol. The molecule has 0 saturated heterocycles. The van der Waals surface area contributed by atoms with Crippen LogP contribution in [0.5, 0.6) is 5.75 Å². The molecule has 0 radical (unpaired) electrons. The first-order valence-electron chi connectivity index (χ1n) is 6.76. The molecule has 2 heterocycles. The summed E-state index contributed by atoms with van der Waals surface area (Å²) in [5.41, 5.74) is 3.52. The molecule has 2 N–H and O–H groups in total. The van der Waals surface area contributed by atoms with Crippen LogP contribution in [0.4, 0.5) is 0 Å². The molecule has 100 valence electrons. The third-order valence-corrected chi connectivity index (χ3v) is 3.83. The fourth-order valence-corrected chi connectivity index (χ4v) is 2.70. The third-order valence-electron chi connectivity index (χ3n) is 3.83. The maximum atomic E-state index is 9.78. The molecule has 0 amide bonds. The summed E-state index contributed by atoms with van der Waals surface area (Å²) in [6, 6.07) is 7.52. The minimum atomic E-state index is 0.378. The summed E-state index contributed by atoms with van der Waals surface area (Å²) < 4.78 is 2.22. The first-order chi connectivity index (χ1) is 9.25. The SMILES string of the molecule is Cn1c(CCc2ccccc2O)nc2c1CCNC2. The molecule has 0 spiro atoms. The molecule has 19 heavy (non-hydrogen) atoms. The second kappa shape index (κ2) is 5.05. The molecular weight excluding hydrogens is 238 g/mol. The van der Waals surface area contributed by atoms with Crippen LogP contribution in [0.2, 0.25) is 0 Å². The molecule has 1 aromatic carbocycles. The minimum Gasteiger partial charge on any atom is -0.508 e. The van der Waals surface area contributed by atoms with E-state index in [1.165, 1.54) is 11.4 Å². The molecule has 0 fully saturated rings. The molecule has 4 heteroatoms. The number of hydrogen-bond acceptors (Lipinski definition) is 3. The molecule has 3 rings (SSSR count). The second-order valence-corrected chi connectivity index (χ2v) is 5.04. The lowest BCUT2D eigenvalue weighted by atomic mass is 10.1. The maximum absolute atomic E-state index is 9.78. The molecule has 1 aliphatic heterocycles. The van der Waals surface area contributed by atoms with Crippen molar-refractivity contribution in [2.45, 2.75) is 25.8 Å². The molecule has 4 nitrogen and oxygen atoms in total. The van der Waals surface area contributed by atoms with Gasteiger partial charge in [-0.2, -0.15) is 0 Å². The monoisotopic (exact) mass is 257 g/mol. The number of phenolic OH excluding ortho intramolecular Hbond substituents is 1. The van der Waals surface area contributed by atoms with E-state index in [1.54, 1.807) is 6.07 Å². The Morgan fingerprint density at radius 2 is 2.16 bits per heavy atom. The molecule has 0 unspecified atom stereocenters. The van der Waals surface area contributed by atoms with Gasteiger partial charge in [0.25, 0.3) is 0 Å². The Hall–Kier alpha value is -1.81. The van der Waals surface area contributed by atoms with Crippen LogP contribution in [-0.4, -0.2) is 21.2 Å². The smallest absolute Gasteiger partial charge is 0.118 e. The largest absolute Gasteiger partial charge is 0.508 e. The van der Waals surface area contributed by atoms with Gasteiger partial charge in [-0.3, -0.25) is 0 Å². The van der Waals surface area contributed by atoms with Crippen molar-refractivity contribution in [3.63, 3.8) is 0 Å². The predicted octanol–water partition coefficient (Wildman–Crippen LogP) is 1.56. The highest BCUT2D eigenvalue weighted by atomic mass is 16.3. The summed E-state index contributed by atoms with van der Waals surface area (Å²) in [5.74, 6) is 1.49. The Morgan fingerprint density at radius 1 is 1.32 bits per heavy atom. The van der Waals surface area contributed by atoms with E-state index in [0.717, 1.165) is 43.7 Å². The van der Waals surface area contributed by atoms with E-state index in [1.807, 2.05) is 18.2 Å². The molecule has 1 aromatic heterocycles. The zero-order valence-corrected chi connectivity index (χ0v) is 11.2. The number of benzene rings is 1. The average Bonchev–Trinajstić information content (AvgIpc) is 2.75. The van der Waals surface area contributed by atoms with E-state index in [9.17, 15) is 5.11 Å². The van der Waals surface area contributed by atoms with Crippen LogP contribution >= 0.6 is 0 Å². The zero-order valence-electron chi connectivity index (χ0n) is 11.2. The van der Waals surface area contributed by atoms with Gasteiger partial charge < -0.3 is 15.0 Å². The van der Waals surface area contributed by atoms with E-state index >= 15 is 0 Å². The van der Waals surface area contributed by atoms with Crippen molar-refractivity contribution >= 4 is 0 Å². The molecule has 0 aliphatic carbocycles. The number of fused-ring (bicyclic) bond motifs is 1. The Bertz CT molecular complexity index is 589. The molecule has 2 aromatic rings. The number of phenols is 1. The van der Waals surface area contributed by atoms with Crippen LogP contribution in [0.25, 0.3) is 0 Å². The minimum absolute atomic E-state index is 0.378. The van der Waals surface area contributed by atoms with Gasteiger partial charge in [-0.1, -0.05) is 18.2 Å². The van der Waals surface area contributed by atoms with Crippen LogP contribution in [0.1, 0.15) is 22.8 Å². The van der Waals surface area contributed by atoms with Gasteiger partial charge in [0.15, 0.2) is 0 Å². The number of para-hydroxylation sites is 1. The van der Waals surface area contributed by atoms with Gasteiger partial charge in [0.05, 0.1) is 5.69 Å². The van der Waals surface area contributed by atoms with Crippen molar-refractivity contribution in [2.75, 3.05) is 6.54 Å². The van der Waals surface area contributed by atoms with Crippen molar-refractivity contribution in [1.82, 2.24) is 14.9 Å². The van der Waals surface area contributed by atoms with Crippen molar-refractivity contribution in [2.24, 2.45) is 7.05 Å². The molecule has 0 bridgehead atoms. The maximum Gasteiger partial charge on any atom is 0.118 e. The van der Waals surface area contributed by atoms with E-state index in [-0.39, 0.29) is 0 Å². The molecule has 0 atom stereocenters. The highest BCUT2D eigenvalue weighted by molar-refractivity contribution is 5.32. The highest BCUT2D eigenvalue weighted by Crippen LogP contribution is 2.20. The number of aromatic nitrogens is 2. The van der Waals surface area contributed by atoms with E-state index in [2.05, 4.69) is 16.9 Å². The zero-order chi connectivity index (χ0) is 13.2. The van der Waals surface area contributed by atoms with Crippen LogP contribution in [0, 0.1) is 0 Å². The second-order valence-electron chi connectivity index (χ2n) is 5.04. The molecule has 1 aliphatic rings. The Morgan fingerprint density at radius 3 is 2.95 bits per heavy atom. The van der Waals surface area contributed by atoms with Gasteiger partial charge in [0.1, 0.15) is 11.6 Å². The number of rotatable bonds is 3. The molecular formula is C15H19N3O. The van der Waals surface area contributed by atoms with E-state index < -0.39 is 0 Å². The lowest BCUT2D eigenvalue weighted by Crippen LogP contribution is -2.24. The van der Waals surface area contributed by atoms with Crippen molar-refractivity contribution in [3.05, 3.63) is 47.0 Å². The van der Waals surface area contributed by atoms with E-state index in [4.69, 9.17) is 4.98 Å². The van der Waals surface area contributed by atoms with Crippen molar-refractivity contribution in [1.29, 1.82) is 0 Å². The Labute approximate surface area is 113 Å². The standard InChI is InChI=1S/C15H19N3O/c1-18-13-8-9-16-10-12(13)17-15(18)7-6-11-4-2-3-5-14(11)19/h2-5,16,19H,6-10H2,1H3. The highest BCUT2D eigenvalue weighted by Gasteiger charge is 2.17. The lowest BCUT2D eigenvalue weighted by Gasteiger charge is -2.13. The number of imidazole rings is 1. The van der Waals surface area contributed by atoms with Gasteiger partial charge in [-0.25, -0.2) is 4.98 Å². The Balaban J connectivity index is 1.77. The lowest BCUT2D eigenvalue weighted by molar-refractivity contribution is 0.467.